The van der Waals surface area contributed by atoms with Gasteiger partial charge < -0.3 is 15.8 Å². The fraction of sp³-hybridized carbons (Fsp3) is 0.900. The lowest BCUT2D eigenvalue weighted by molar-refractivity contribution is -0.174. The van der Waals surface area contributed by atoms with Gasteiger partial charge in [-0.15, -0.1) is 0 Å². The number of halogens is 3. The molecule has 0 spiro atoms. The first-order chi connectivity index (χ1) is 7.95. The molecule has 0 bridgehead atoms. The number of ether oxygens (including phenoxy) is 1. The van der Waals surface area contributed by atoms with E-state index in [2.05, 4.69) is 10.1 Å². The average Bonchev–Trinajstić information content (AvgIpc) is 2.23. The van der Waals surface area contributed by atoms with Crippen LogP contribution in [0.5, 0.6) is 0 Å². The van der Waals surface area contributed by atoms with Gasteiger partial charge in [-0.05, 0) is 19.4 Å². The molecule has 0 unspecified atom stereocenters. The fourth-order valence-electron chi connectivity index (χ4n) is 1.12. The Balaban J connectivity index is 3.29. The van der Waals surface area contributed by atoms with Crippen molar-refractivity contribution in [3.8, 4) is 0 Å². The van der Waals surface area contributed by atoms with E-state index in [0.717, 1.165) is 19.3 Å². The van der Waals surface area contributed by atoms with E-state index in [1.54, 1.807) is 0 Å². The van der Waals surface area contributed by atoms with Gasteiger partial charge >= 0.3 is 6.18 Å². The van der Waals surface area contributed by atoms with Gasteiger partial charge in [-0.2, -0.15) is 13.2 Å². The maximum absolute atomic E-state index is 11.7. The van der Waals surface area contributed by atoms with Crippen LogP contribution in [-0.4, -0.2) is 38.4 Å². The van der Waals surface area contributed by atoms with Crippen LogP contribution in [0.3, 0.4) is 0 Å². The molecule has 102 valence electrons. The summed E-state index contributed by atoms with van der Waals surface area (Å²) in [5.41, 5.74) is 5.29. The molecule has 0 saturated heterocycles. The van der Waals surface area contributed by atoms with E-state index < -0.39 is 12.8 Å². The highest BCUT2D eigenvalue weighted by Gasteiger charge is 2.27. The fourth-order valence-corrected chi connectivity index (χ4v) is 1.12. The van der Waals surface area contributed by atoms with Gasteiger partial charge in [0, 0.05) is 13.0 Å². The number of rotatable bonds is 9. The van der Waals surface area contributed by atoms with Crippen LogP contribution >= 0.6 is 0 Å². The smallest absolute Gasteiger partial charge is 0.372 e. The van der Waals surface area contributed by atoms with Crippen LogP contribution < -0.4 is 11.1 Å². The Bertz CT molecular complexity index is 210. The molecule has 0 radical (unpaired) electrons. The van der Waals surface area contributed by atoms with Crippen LogP contribution in [0.15, 0.2) is 0 Å². The van der Waals surface area contributed by atoms with Crippen molar-refractivity contribution in [1.29, 1.82) is 0 Å². The third-order valence-electron chi connectivity index (χ3n) is 1.94. The molecule has 17 heavy (non-hydrogen) atoms. The molecular formula is C10H19F3N2O2. The second kappa shape index (κ2) is 9.23. The van der Waals surface area contributed by atoms with Gasteiger partial charge in [0.2, 0.25) is 5.91 Å². The van der Waals surface area contributed by atoms with Crippen molar-refractivity contribution in [2.45, 2.75) is 31.9 Å². The van der Waals surface area contributed by atoms with E-state index in [1.807, 2.05) is 0 Å². The first-order valence-corrected chi connectivity index (χ1v) is 5.57. The van der Waals surface area contributed by atoms with E-state index in [-0.39, 0.29) is 18.9 Å². The SMILES string of the molecule is NCCCCCNC(=O)CCOCC(F)(F)F. The first-order valence-electron chi connectivity index (χ1n) is 5.57. The van der Waals surface area contributed by atoms with Crippen molar-refractivity contribution >= 4 is 5.91 Å². The van der Waals surface area contributed by atoms with E-state index >= 15 is 0 Å². The number of hydrogen-bond donors (Lipinski definition) is 2. The summed E-state index contributed by atoms with van der Waals surface area (Å²) in [4.78, 5) is 11.1. The van der Waals surface area contributed by atoms with Gasteiger partial charge in [0.25, 0.3) is 0 Å². The quantitative estimate of drug-likeness (QED) is 0.609. The standard InChI is InChI=1S/C10H19F3N2O2/c11-10(12,13)8-17-7-4-9(16)15-6-3-1-2-5-14/h1-8,14H2,(H,15,16). The van der Waals surface area contributed by atoms with Crippen molar-refractivity contribution in [2.75, 3.05) is 26.3 Å². The van der Waals surface area contributed by atoms with Gasteiger partial charge in [-0.25, -0.2) is 0 Å². The molecule has 0 aromatic rings. The Morgan fingerprint density at radius 3 is 2.53 bits per heavy atom. The van der Waals surface area contributed by atoms with Gasteiger partial charge in [0.05, 0.1) is 6.61 Å². The van der Waals surface area contributed by atoms with E-state index in [4.69, 9.17) is 5.73 Å². The minimum atomic E-state index is -4.33. The maximum atomic E-state index is 11.7. The average molecular weight is 256 g/mol. The minimum absolute atomic E-state index is 0.0486. The summed E-state index contributed by atoms with van der Waals surface area (Å²) in [6, 6.07) is 0. The molecule has 1 amide bonds. The van der Waals surface area contributed by atoms with Crippen molar-refractivity contribution in [3.05, 3.63) is 0 Å². The van der Waals surface area contributed by atoms with E-state index in [0.29, 0.717) is 13.1 Å². The number of unbranched alkanes of at least 4 members (excludes halogenated alkanes) is 2. The topological polar surface area (TPSA) is 64.3 Å². The van der Waals surface area contributed by atoms with Gasteiger partial charge in [-0.3, -0.25) is 4.79 Å². The third-order valence-corrected chi connectivity index (χ3v) is 1.94. The zero-order chi connectivity index (χ0) is 13.1. The number of alkyl halides is 3. The summed E-state index contributed by atoms with van der Waals surface area (Å²) in [5.74, 6) is -0.292. The summed E-state index contributed by atoms with van der Waals surface area (Å²) in [5, 5.41) is 2.60. The van der Waals surface area contributed by atoms with Crippen LogP contribution in [0.2, 0.25) is 0 Å². The van der Waals surface area contributed by atoms with Crippen molar-refractivity contribution < 1.29 is 22.7 Å². The lowest BCUT2D eigenvalue weighted by Gasteiger charge is -2.08. The predicted molar refractivity (Wildman–Crippen MR) is 57.4 cm³/mol. The summed E-state index contributed by atoms with van der Waals surface area (Å²) in [6.45, 7) is -0.373. The summed E-state index contributed by atoms with van der Waals surface area (Å²) in [6.07, 6.45) is -1.72. The van der Waals surface area contributed by atoms with Crippen molar-refractivity contribution in [2.24, 2.45) is 5.73 Å². The van der Waals surface area contributed by atoms with Crippen LogP contribution in [0, 0.1) is 0 Å². The van der Waals surface area contributed by atoms with Gasteiger partial charge in [0.15, 0.2) is 0 Å². The highest BCUT2D eigenvalue weighted by Crippen LogP contribution is 2.14. The highest BCUT2D eigenvalue weighted by atomic mass is 19.4. The number of nitrogens with two attached hydrogens (primary N) is 1. The molecule has 0 aliphatic heterocycles. The Labute approximate surface area is 98.7 Å². The zero-order valence-electron chi connectivity index (χ0n) is 9.68. The lowest BCUT2D eigenvalue weighted by Crippen LogP contribution is -2.26. The van der Waals surface area contributed by atoms with Crippen LogP contribution in [-0.2, 0) is 9.53 Å². The molecule has 0 saturated carbocycles. The Morgan fingerprint density at radius 1 is 1.24 bits per heavy atom. The summed E-state index contributed by atoms with van der Waals surface area (Å²) >= 11 is 0. The number of carbonyl (C=O) groups excluding carboxylic acids is 1. The normalized spacial score (nSPS) is 11.5. The Kier molecular flexibility index (Phi) is 8.79. The number of amides is 1. The molecule has 4 nitrogen and oxygen atoms in total. The molecule has 7 heteroatoms. The first kappa shape index (κ1) is 16.2. The second-order valence-electron chi connectivity index (χ2n) is 3.62. The summed E-state index contributed by atoms with van der Waals surface area (Å²) in [7, 11) is 0. The van der Waals surface area contributed by atoms with Crippen LogP contribution in [0.25, 0.3) is 0 Å². The molecule has 0 rings (SSSR count). The van der Waals surface area contributed by atoms with Gasteiger partial charge in [-0.1, -0.05) is 6.42 Å². The molecule has 0 heterocycles. The lowest BCUT2D eigenvalue weighted by atomic mass is 10.2. The largest absolute Gasteiger partial charge is 0.411 e. The Morgan fingerprint density at radius 2 is 1.94 bits per heavy atom. The van der Waals surface area contributed by atoms with Crippen LogP contribution in [0.4, 0.5) is 13.2 Å². The molecule has 0 fully saturated rings. The molecule has 0 atom stereocenters. The summed E-state index contributed by atoms with van der Waals surface area (Å²) < 4.78 is 39.3. The molecule has 3 N–H and O–H groups in total. The zero-order valence-corrected chi connectivity index (χ0v) is 9.68. The number of nitrogens with one attached hydrogen (secondary N) is 1. The third kappa shape index (κ3) is 13.1. The van der Waals surface area contributed by atoms with Crippen molar-refractivity contribution in [1.82, 2.24) is 5.32 Å². The second-order valence-corrected chi connectivity index (χ2v) is 3.62. The molecule has 0 aromatic heterocycles. The molecule has 0 aliphatic carbocycles. The molecular weight excluding hydrogens is 237 g/mol. The molecule has 0 aliphatic rings. The van der Waals surface area contributed by atoms with E-state index in [9.17, 15) is 18.0 Å². The maximum Gasteiger partial charge on any atom is 0.411 e. The van der Waals surface area contributed by atoms with Crippen molar-refractivity contribution in [3.63, 3.8) is 0 Å². The van der Waals surface area contributed by atoms with E-state index in [1.165, 1.54) is 0 Å². The Hall–Kier alpha value is -0.820. The highest BCUT2D eigenvalue weighted by molar-refractivity contribution is 5.75. The monoisotopic (exact) mass is 256 g/mol. The number of carbonyl (C=O) groups is 1. The minimum Gasteiger partial charge on any atom is -0.372 e. The molecule has 0 aromatic carbocycles. The number of hydrogen-bond acceptors (Lipinski definition) is 3. The van der Waals surface area contributed by atoms with Crippen LogP contribution in [0.1, 0.15) is 25.7 Å². The predicted octanol–water partition coefficient (Wildman–Crippen LogP) is 1.20. The van der Waals surface area contributed by atoms with Gasteiger partial charge in [0.1, 0.15) is 6.61 Å².